The van der Waals surface area contributed by atoms with Gasteiger partial charge in [-0.2, -0.15) is 5.26 Å². The number of carbonyl (C=O) groups is 1. The Labute approximate surface area is 121 Å². The molecule has 0 spiro atoms. The SMILES string of the molecule is CCCC(CCN)CCC(=O)Nc1ccccc1C#N. The van der Waals surface area contributed by atoms with Crippen molar-refractivity contribution in [3.8, 4) is 6.07 Å². The molecule has 0 aliphatic rings. The van der Waals surface area contributed by atoms with Crippen LogP contribution in [0.4, 0.5) is 5.69 Å². The van der Waals surface area contributed by atoms with Gasteiger partial charge in [-0.25, -0.2) is 0 Å². The summed E-state index contributed by atoms with van der Waals surface area (Å²) >= 11 is 0. The quantitative estimate of drug-likeness (QED) is 0.764. The molecule has 108 valence electrons. The summed E-state index contributed by atoms with van der Waals surface area (Å²) in [4.78, 5) is 11.9. The minimum Gasteiger partial charge on any atom is -0.330 e. The van der Waals surface area contributed by atoms with E-state index in [1.54, 1.807) is 18.2 Å². The number of benzene rings is 1. The Morgan fingerprint density at radius 1 is 1.35 bits per heavy atom. The highest BCUT2D eigenvalue weighted by Crippen LogP contribution is 2.18. The van der Waals surface area contributed by atoms with Crippen LogP contribution >= 0.6 is 0 Å². The fourth-order valence-electron chi connectivity index (χ4n) is 2.31. The van der Waals surface area contributed by atoms with Crippen LogP contribution in [0.3, 0.4) is 0 Å². The van der Waals surface area contributed by atoms with E-state index < -0.39 is 0 Å². The number of carbonyl (C=O) groups excluding carboxylic acids is 1. The molecule has 4 nitrogen and oxygen atoms in total. The molecule has 0 saturated heterocycles. The van der Waals surface area contributed by atoms with E-state index in [0.717, 1.165) is 25.7 Å². The molecule has 0 aliphatic heterocycles. The zero-order valence-corrected chi connectivity index (χ0v) is 12.1. The zero-order valence-electron chi connectivity index (χ0n) is 12.1. The molecule has 3 N–H and O–H groups in total. The maximum Gasteiger partial charge on any atom is 0.224 e. The normalized spacial score (nSPS) is 11.7. The van der Waals surface area contributed by atoms with Gasteiger partial charge in [-0.3, -0.25) is 4.79 Å². The van der Waals surface area contributed by atoms with Crippen LogP contribution in [-0.2, 0) is 4.79 Å². The summed E-state index contributed by atoms with van der Waals surface area (Å²) in [6, 6.07) is 9.12. The molecule has 1 unspecified atom stereocenters. The fourth-order valence-corrected chi connectivity index (χ4v) is 2.31. The summed E-state index contributed by atoms with van der Waals surface area (Å²) in [7, 11) is 0. The number of nitriles is 1. The van der Waals surface area contributed by atoms with Crippen molar-refractivity contribution in [3.63, 3.8) is 0 Å². The lowest BCUT2D eigenvalue weighted by Gasteiger charge is -2.14. The van der Waals surface area contributed by atoms with Crippen molar-refractivity contribution in [2.45, 2.75) is 39.0 Å². The number of nitrogens with zero attached hydrogens (tertiary/aromatic N) is 1. The largest absolute Gasteiger partial charge is 0.330 e. The van der Waals surface area contributed by atoms with Crippen LogP contribution < -0.4 is 11.1 Å². The average Bonchev–Trinajstić information content (AvgIpc) is 2.46. The predicted octanol–water partition coefficient (Wildman–Crippen LogP) is 3.04. The first-order chi connectivity index (χ1) is 9.71. The van der Waals surface area contributed by atoms with Gasteiger partial charge < -0.3 is 11.1 Å². The molecule has 0 saturated carbocycles. The Morgan fingerprint density at radius 2 is 2.10 bits per heavy atom. The van der Waals surface area contributed by atoms with Gasteiger partial charge in [0.1, 0.15) is 6.07 Å². The van der Waals surface area contributed by atoms with Crippen molar-refractivity contribution in [1.29, 1.82) is 5.26 Å². The third-order valence-corrected chi connectivity index (χ3v) is 3.37. The molecule has 0 heterocycles. The van der Waals surface area contributed by atoms with E-state index in [0.29, 0.717) is 30.1 Å². The van der Waals surface area contributed by atoms with E-state index in [-0.39, 0.29) is 5.91 Å². The Balaban J connectivity index is 2.49. The molecule has 0 bridgehead atoms. The van der Waals surface area contributed by atoms with Crippen molar-refractivity contribution in [2.75, 3.05) is 11.9 Å². The van der Waals surface area contributed by atoms with Gasteiger partial charge >= 0.3 is 0 Å². The predicted molar refractivity (Wildman–Crippen MR) is 81.1 cm³/mol. The van der Waals surface area contributed by atoms with Crippen LogP contribution in [0.15, 0.2) is 24.3 Å². The molecular formula is C16H23N3O. The minimum absolute atomic E-state index is 0.0363. The lowest BCUT2D eigenvalue weighted by atomic mass is 9.94. The summed E-state index contributed by atoms with van der Waals surface area (Å²) in [6.07, 6.45) is 4.52. The molecule has 0 aromatic heterocycles. The summed E-state index contributed by atoms with van der Waals surface area (Å²) in [6.45, 7) is 2.82. The first-order valence-electron chi connectivity index (χ1n) is 7.20. The Bertz CT molecular complexity index is 459. The number of hydrogen-bond acceptors (Lipinski definition) is 3. The van der Waals surface area contributed by atoms with Crippen LogP contribution in [-0.4, -0.2) is 12.5 Å². The number of para-hydroxylation sites is 1. The first-order valence-corrected chi connectivity index (χ1v) is 7.20. The maximum atomic E-state index is 11.9. The molecule has 1 aromatic rings. The van der Waals surface area contributed by atoms with Crippen LogP contribution in [0.5, 0.6) is 0 Å². The number of hydrogen-bond donors (Lipinski definition) is 2. The van der Waals surface area contributed by atoms with E-state index in [1.807, 2.05) is 6.07 Å². The molecule has 20 heavy (non-hydrogen) atoms. The van der Waals surface area contributed by atoms with Crippen molar-refractivity contribution in [3.05, 3.63) is 29.8 Å². The molecule has 1 rings (SSSR count). The fraction of sp³-hybridized carbons (Fsp3) is 0.500. The van der Waals surface area contributed by atoms with E-state index in [1.165, 1.54) is 0 Å². The zero-order chi connectivity index (χ0) is 14.8. The van der Waals surface area contributed by atoms with Gasteiger partial charge in [-0.05, 0) is 37.4 Å². The molecule has 1 aromatic carbocycles. The summed E-state index contributed by atoms with van der Waals surface area (Å²) in [5, 5.41) is 11.8. The highest BCUT2D eigenvalue weighted by atomic mass is 16.1. The van der Waals surface area contributed by atoms with Gasteiger partial charge in [0.2, 0.25) is 5.91 Å². The van der Waals surface area contributed by atoms with Crippen molar-refractivity contribution in [2.24, 2.45) is 11.7 Å². The van der Waals surface area contributed by atoms with E-state index in [9.17, 15) is 4.79 Å². The first kappa shape index (κ1) is 16.2. The van der Waals surface area contributed by atoms with Gasteiger partial charge in [-0.1, -0.05) is 31.9 Å². The van der Waals surface area contributed by atoms with E-state index >= 15 is 0 Å². The third-order valence-electron chi connectivity index (χ3n) is 3.37. The van der Waals surface area contributed by atoms with Gasteiger partial charge in [0, 0.05) is 6.42 Å². The number of nitrogens with one attached hydrogen (secondary N) is 1. The average molecular weight is 273 g/mol. The van der Waals surface area contributed by atoms with Crippen LogP contribution in [0.25, 0.3) is 0 Å². The lowest BCUT2D eigenvalue weighted by molar-refractivity contribution is -0.116. The lowest BCUT2D eigenvalue weighted by Crippen LogP contribution is -2.16. The van der Waals surface area contributed by atoms with Crippen molar-refractivity contribution < 1.29 is 4.79 Å². The van der Waals surface area contributed by atoms with Crippen LogP contribution in [0.2, 0.25) is 0 Å². The van der Waals surface area contributed by atoms with Crippen molar-refractivity contribution in [1.82, 2.24) is 0 Å². The third kappa shape index (κ3) is 5.41. The standard InChI is InChI=1S/C16H23N3O/c1-2-5-13(10-11-17)8-9-16(20)19-15-7-4-3-6-14(15)12-18/h3-4,6-7,13H,2,5,8-11,17H2,1H3,(H,19,20). The van der Waals surface area contributed by atoms with Gasteiger partial charge in [0.15, 0.2) is 0 Å². The smallest absolute Gasteiger partial charge is 0.224 e. The second kappa shape index (κ2) is 9.11. The van der Waals surface area contributed by atoms with E-state index in [2.05, 4.69) is 18.3 Å². The van der Waals surface area contributed by atoms with Gasteiger partial charge in [0.25, 0.3) is 0 Å². The molecule has 4 heteroatoms. The van der Waals surface area contributed by atoms with E-state index in [4.69, 9.17) is 11.0 Å². The number of nitrogens with two attached hydrogens (primary N) is 1. The monoisotopic (exact) mass is 273 g/mol. The molecule has 1 amide bonds. The van der Waals surface area contributed by atoms with Gasteiger partial charge in [0.05, 0.1) is 11.3 Å². The Kier molecular flexibility index (Phi) is 7.38. The second-order valence-corrected chi connectivity index (χ2v) is 4.98. The van der Waals surface area contributed by atoms with Gasteiger partial charge in [-0.15, -0.1) is 0 Å². The van der Waals surface area contributed by atoms with Crippen LogP contribution in [0.1, 0.15) is 44.6 Å². The summed E-state index contributed by atoms with van der Waals surface area (Å²) in [5.41, 5.74) is 6.67. The topological polar surface area (TPSA) is 78.9 Å². The molecule has 0 fully saturated rings. The summed E-state index contributed by atoms with van der Waals surface area (Å²) < 4.78 is 0. The Morgan fingerprint density at radius 3 is 2.75 bits per heavy atom. The Hall–Kier alpha value is -1.86. The highest BCUT2D eigenvalue weighted by molar-refractivity contribution is 5.92. The van der Waals surface area contributed by atoms with Crippen molar-refractivity contribution >= 4 is 11.6 Å². The number of rotatable bonds is 8. The minimum atomic E-state index is -0.0363. The summed E-state index contributed by atoms with van der Waals surface area (Å²) in [5.74, 6) is 0.479. The second-order valence-electron chi connectivity index (χ2n) is 4.98. The van der Waals surface area contributed by atoms with Crippen LogP contribution in [0, 0.1) is 17.2 Å². The highest BCUT2D eigenvalue weighted by Gasteiger charge is 2.11. The molecule has 1 atom stereocenters. The molecular weight excluding hydrogens is 250 g/mol. The molecule has 0 radical (unpaired) electrons. The maximum absolute atomic E-state index is 11.9. The number of anilines is 1. The molecule has 0 aliphatic carbocycles. The number of amides is 1.